The fourth-order valence-corrected chi connectivity index (χ4v) is 4.06. The number of hydrogen-bond acceptors (Lipinski definition) is 4. The molecule has 0 atom stereocenters. The lowest BCUT2D eigenvalue weighted by Crippen LogP contribution is -2.07. The van der Waals surface area contributed by atoms with Crippen molar-refractivity contribution in [1.82, 2.24) is 4.57 Å². The van der Waals surface area contributed by atoms with Gasteiger partial charge in [-0.15, -0.1) is 0 Å². The van der Waals surface area contributed by atoms with Gasteiger partial charge in [0.05, 0.1) is 29.8 Å². The summed E-state index contributed by atoms with van der Waals surface area (Å²) in [6, 6.07) is 17.5. The van der Waals surface area contributed by atoms with Crippen molar-refractivity contribution in [2.45, 2.75) is 20.5 Å². The van der Waals surface area contributed by atoms with Gasteiger partial charge in [-0.2, -0.15) is 0 Å². The first-order valence-electron chi connectivity index (χ1n) is 10.5. The Morgan fingerprint density at radius 3 is 2.45 bits per heavy atom. The molecule has 0 radical (unpaired) electrons. The van der Waals surface area contributed by atoms with Crippen LogP contribution in [0.1, 0.15) is 28.5 Å². The largest absolute Gasteiger partial charge is 0.497 e. The van der Waals surface area contributed by atoms with Crippen LogP contribution in [0.15, 0.2) is 60.7 Å². The van der Waals surface area contributed by atoms with E-state index >= 15 is 0 Å². The average Bonchev–Trinajstić information content (AvgIpc) is 3.10. The topological polar surface area (TPSA) is 49.7 Å². The molecule has 5 nitrogen and oxygen atoms in total. The van der Waals surface area contributed by atoms with E-state index < -0.39 is 11.8 Å². The molecule has 0 aliphatic heterocycles. The van der Waals surface area contributed by atoms with E-state index in [4.69, 9.17) is 25.8 Å². The number of carbonyl (C=O) groups is 1. The molecule has 0 aliphatic rings. The zero-order valence-corrected chi connectivity index (χ0v) is 19.3. The van der Waals surface area contributed by atoms with E-state index in [1.54, 1.807) is 38.3 Å². The van der Waals surface area contributed by atoms with Crippen LogP contribution < -0.4 is 9.47 Å². The fraction of sp³-hybridized carbons (Fsp3) is 0.192. The van der Waals surface area contributed by atoms with E-state index in [0.29, 0.717) is 21.7 Å². The first-order valence-corrected chi connectivity index (χ1v) is 10.8. The number of rotatable bonds is 7. The Labute approximate surface area is 196 Å². The van der Waals surface area contributed by atoms with Gasteiger partial charge in [0.2, 0.25) is 0 Å². The number of halogens is 2. The number of esters is 1. The summed E-state index contributed by atoms with van der Waals surface area (Å²) in [5, 5.41) is 0.976. The molecule has 3 aromatic carbocycles. The third-order valence-electron chi connectivity index (χ3n) is 5.43. The number of fused-ring (bicyclic) bond motifs is 1. The minimum absolute atomic E-state index is 0.0378. The van der Waals surface area contributed by atoms with Crippen LogP contribution in [0, 0.1) is 12.7 Å². The summed E-state index contributed by atoms with van der Waals surface area (Å²) in [4.78, 5) is 12.8. The van der Waals surface area contributed by atoms with E-state index in [2.05, 4.69) is 0 Å². The number of methoxy groups -OCH3 is 1. The van der Waals surface area contributed by atoms with Gasteiger partial charge >= 0.3 is 5.97 Å². The molecule has 0 spiro atoms. The van der Waals surface area contributed by atoms with E-state index in [1.165, 1.54) is 6.07 Å². The van der Waals surface area contributed by atoms with Gasteiger partial charge in [-0.25, -0.2) is 9.18 Å². The van der Waals surface area contributed by atoms with Crippen LogP contribution in [0.3, 0.4) is 0 Å². The molecule has 7 heteroatoms. The number of nitrogens with zero attached hydrogens (tertiary/aromatic N) is 1. The van der Waals surface area contributed by atoms with Crippen molar-refractivity contribution in [3.8, 4) is 17.2 Å². The van der Waals surface area contributed by atoms with Crippen LogP contribution >= 0.6 is 11.6 Å². The van der Waals surface area contributed by atoms with Gasteiger partial charge in [0.25, 0.3) is 0 Å². The Hall–Kier alpha value is -3.51. The average molecular weight is 468 g/mol. The SMILES string of the molecule is CCOC(=O)c1c(C)n(-c2ccc(OC)cc2)c2ccc(OCc3c(F)cccc3Cl)cc12. The van der Waals surface area contributed by atoms with Crippen molar-refractivity contribution < 1.29 is 23.4 Å². The minimum atomic E-state index is -0.433. The van der Waals surface area contributed by atoms with Crippen molar-refractivity contribution in [1.29, 1.82) is 0 Å². The highest BCUT2D eigenvalue weighted by atomic mass is 35.5. The van der Waals surface area contributed by atoms with Gasteiger partial charge in [0.15, 0.2) is 0 Å². The van der Waals surface area contributed by atoms with Crippen LogP contribution in [0.25, 0.3) is 16.6 Å². The Morgan fingerprint density at radius 2 is 1.79 bits per heavy atom. The van der Waals surface area contributed by atoms with Crippen LogP contribution in [0.4, 0.5) is 4.39 Å². The van der Waals surface area contributed by atoms with Crippen molar-refractivity contribution in [3.05, 3.63) is 88.3 Å². The summed E-state index contributed by atoms with van der Waals surface area (Å²) in [7, 11) is 1.61. The molecule has 0 N–H and O–H groups in total. The molecule has 0 saturated carbocycles. The highest BCUT2D eigenvalue weighted by Crippen LogP contribution is 2.33. The standard InChI is InChI=1S/C26H23ClFNO4/c1-4-32-26(30)25-16(2)29(17-8-10-18(31-3)11-9-17)24-13-12-19(14-20(24)25)33-15-21-22(27)6-5-7-23(21)28/h5-14H,4,15H2,1-3H3. The lowest BCUT2D eigenvalue weighted by atomic mass is 10.1. The van der Waals surface area contributed by atoms with E-state index in [0.717, 1.165) is 22.6 Å². The second-order valence-corrected chi connectivity index (χ2v) is 7.79. The van der Waals surface area contributed by atoms with Crippen molar-refractivity contribution in [2.75, 3.05) is 13.7 Å². The smallest absolute Gasteiger partial charge is 0.340 e. The lowest BCUT2D eigenvalue weighted by Gasteiger charge is -2.11. The molecule has 4 aromatic rings. The van der Waals surface area contributed by atoms with Crippen LogP contribution in [0.5, 0.6) is 11.5 Å². The van der Waals surface area contributed by atoms with Gasteiger partial charge in [-0.05, 0) is 68.4 Å². The molecule has 1 aromatic heterocycles. The van der Waals surface area contributed by atoms with Crippen LogP contribution in [0.2, 0.25) is 5.02 Å². The molecule has 0 aliphatic carbocycles. The van der Waals surface area contributed by atoms with Gasteiger partial charge in [0.1, 0.15) is 23.9 Å². The minimum Gasteiger partial charge on any atom is -0.497 e. The fourth-order valence-electron chi connectivity index (χ4n) is 3.84. The van der Waals surface area contributed by atoms with E-state index in [9.17, 15) is 9.18 Å². The third kappa shape index (κ3) is 4.39. The molecule has 0 bridgehead atoms. The number of hydrogen-bond donors (Lipinski definition) is 0. The highest BCUT2D eigenvalue weighted by molar-refractivity contribution is 6.31. The molecule has 0 unspecified atom stereocenters. The van der Waals surface area contributed by atoms with E-state index in [-0.39, 0.29) is 18.8 Å². The second kappa shape index (κ2) is 9.55. The van der Waals surface area contributed by atoms with Gasteiger partial charge in [-0.3, -0.25) is 0 Å². The molecular weight excluding hydrogens is 445 g/mol. The predicted octanol–water partition coefficient (Wildman–Crippen LogP) is 6.50. The van der Waals surface area contributed by atoms with Crippen molar-refractivity contribution in [3.63, 3.8) is 0 Å². The maximum Gasteiger partial charge on any atom is 0.340 e. The first kappa shape index (κ1) is 22.7. The summed E-state index contributed by atoms with van der Waals surface area (Å²) < 4.78 is 32.5. The summed E-state index contributed by atoms with van der Waals surface area (Å²) in [5.41, 5.74) is 3.16. The molecular formula is C26H23ClFNO4. The maximum absolute atomic E-state index is 14.1. The highest BCUT2D eigenvalue weighted by Gasteiger charge is 2.22. The number of ether oxygens (including phenoxy) is 3. The number of benzene rings is 3. The molecule has 170 valence electrons. The Balaban J connectivity index is 1.79. The predicted molar refractivity (Wildman–Crippen MR) is 126 cm³/mol. The lowest BCUT2D eigenvalue weighted by molar-refractivity contribution is 0.0527. The molecule has 33 heavy (non-hydrogen) atoms. The summed E-state index contributed by atoms with van der Waals surface area (Å²) in [6.07, 6.45) is 0. The van der Waals surface area contributed by atoms with E-state index in [1.807, 2.05) is 41.8 Å². The Morgan fingerprint density at radius 1 is 1.06 bits per heavy atom. The monoisotopic (exact) mass is 467 g/mol. The summed E-state index contributed by atoms with van der Waals surface area (Å²) >= 11 is 6.11. The Bertz CT molecular complexity index is 1290. The first-order chi connectivity index (χ1) is 15.9. The van der Waals surface area contributed by atoms with Gasteiger partial charge < -0.3 is 18.8 Å². The molecule has 1 heterocycles. The molecule has 0 fully saturated rings. The zero-order chi connectivity index (χ0) is 23.5. The second-order valence-electron chi connectivity index (χ2n) is 7.38. The van der Waals surface area contributed by atoms with Gasteiger partial charge in [-0.1, -0.05) is 17.7 Å². The quantitative estimate of drug-likeness (QED) is 0.291. The number of carbonyl (C=O) groups excluding carboxylic acids is 1. The molecule has 0 saturated heterocycles. The summed E-state index contributed by atoms with van der Waals surface area (Å²) in [6.45, 7) is 3.86. The van der Waals surface area contributed by atoms with Gasteiger partial charge in [0, 0.05) is 22.3 Å². The normalized spacial score (nSPS) is 10.9. The molecule has 4 rings (SSSR count). The van der Waals surface area contributed by atoms with Crippen LogP contribution in [-0.2, 0) is 11.3 Å². The van der Waals surface area contributed by atoms with Crippen LogP contribution in [-0.4, -0.2) is 24.3 Å². The van der Waals surface area contributed by atoms with Crippen molar-refractivity contribution >= 4 is 28.5 Å². The number of aromatic nitrogens is 1. The maximum atomic E-state index is 14.1. The zero-order valence-electron chi connectivity index (χ0n) is 18.5. The molecule has 0 amide bonds. The van der Waals surface area contributed by atoms with Crippen molar-refractivity contribution in [2.24, 2.45) is 0 Å². The summed E-state index contributed by atoms with van der Waals surface area (Å²) in [5.74, 6) is 0.374. The third-order valence-corrected chi connectivity index (χ3v) is 5.78. The Kier molecular flexibility index (Phi) is 6.56.